The monoisotopic (exact) mass is 180 g/mol. The van der Waals surface area contributed by atoms with Crippen LogP contribution in [0.1, 0.15) is 10.4 Å². The number of aldehydes is 1. The summed E-state index contributed by atoms with van der Waals surface area (Å²) in [5.41, 5.74) is 1.26. The predicted molar refractivity (Wildman–Crippen MR) is 46.5 cm³/mol. The van der Waals surface area contributed by atoms with Crippen LogP contribution in [-0.4, -0.2) is 16.3 Å². The number of aromatic amines is 1. The maximum atomic E-state index is 10.5. The van der Waals surface area contributed by atoms with E-state index >= 15 is 0 Å². The Morgan fingerprint density at radius 2 is 2.42 bits per heavy atom. The molecule has 60 valence electrons. The Labute approximate surface area is 73.4 Å². The zero-order chi connectivity index (χ0) is 8.55. The maximum absolute atomic E-state index is 10.5. The van der Waals surface area contributed by atoms with Crippen LogP contribution >= 0.6 is 11.6 Å². The van der Waals surface area contributed by atoms with Gasteiger partial charge in [-0.2, -0.15) is 0 Å². The second-order valence-corrected chi connectivity index (χ2v) is 2.75. The first kappa shape index (κ1) is 7.31. The van der Waals surface area contributed by atoms with Crippen molar-refractivity contribution in [2.24, 2.45) is 0 Å². The van der Waals surface area contributed by atoms with E-state index in [1.165, 1.54) is 6.20 Å². The second-order valence-electron chi connectivity index (χ2n) is 2.39. The van der Waals surface area contributed by atoms with Crippen molar-refractivity contribution in [3.8, 4) is 0 Å². The van der Waals surface area contributed by atoms with Gasteiger partial charge in [-0.05, 0) is 6.07 Å². The molecule has 0 aromatic carbocycles. The highest BCUT2D eigenvalue weighted by Crippen LogP contribution is 2.21. The van der Waals surface area contributed by atoms with Gasteiger partial charge in [0.15, 0.2) is 11.4 Å². The molecule has 0 aliphatic heterocycles. The van der Waals surface area contributed by atoms with Gasteiger partial charge in [-0.3, -0.25) is 4.79 Å². The fourth-order valence-corrected chi connectivity index (χ4v) is 1.34. The van der Waals surface area contributed by atoms with Crippen LogP contribution in [0.5, 0.6) is 0 Å². The smallest absolute Gasteiger partial charge is 0.153 e. The molecule has 0 spiro atoms. The molecule has 4 heteroatoms. The number of carbonyl (C=O) groups excluding carboxylic acids is 1. The standard InChI is InChI=1S/C8H5ClN2O/c9-8-7-6(1-2-10-7)5(4-12)3-11-8/h1-4,10H. The molecule has 2 heterocycles. The molecule has 0 aliphatic carbocycles. The van der Waals surface area contributed by atoms with Gasteiger partial charge < -0.3 is 4.98 Å². The number of carbonyl (C=O) groups is 1. The highest BCUT2D eigenvalue weighted by molar-refractivity contribution is 6.34. The van der Waals surface area contributed by atoms with E-state index in [-0.39, 0.29) is 0 Å². The Kier molecular flexibility index (Phi) is 1.59. The van der Waals surface area contributed by atoms with Crippen LogP contribution in [0.3, 0.4) is 0 Å². The number of fused-ring (bicyclic) bond motifs is 1. The molecule has 0 radical (unpaired) electrons. The average Bonchev–Trinajstić information content (AvgIpc) is 2.54. The zero-order valence-electron chi connectivity index (χ0n) is 6.04. The predicted octanol–water partition coefficient (Wildman–Crippen LogP) is 2.03. The highest BCUT2D eigenvalue weighted by Gasteiger charge is 2.04. The van der Waals surface area contributed by atoms with Crippen molar-refractivity contribution in [3.63, 3.8) is 0 Å². The molecule has 0 saturated carbocycles. The number of nitrogens with one attached hydrogen (secondary N) is 1. The van der Waals surface area contributed by atoms with Crippen molar-refractivity contribution in [2.45, 2.75) is 0 Å². The Balaban J connectivity index is 2.91. The number of aromatic nitrogens is 2. The molecular formula is C8H5ClN2O. The lowest BCUT2D eigenvalue weighted by Gasteiger charge is -1.94. The quantitative estimate of drug-likeness (QED) is 0.539. The number of hydrogen-bond acceptors (Lipinski definition) is 2. The lowest BCUT2D eigenvalue weighted by Crippen LogP contribution is -1.85. The van der Waals surface area contributed by atoms with Gasteiger partial charge in [-0.25, -0.2) is 4.98 Å². The lowest BCUT2D eigenvalue weighted by atomic mass is 10.2. The number of hydrogen-bond donors (Lipinski definition) is 1. The molecule has 2 rings (SSSR count). The number of rotatable bonds is 1. The summed E-state index contributed by atoms with van der Waals surface area (Å²) in [4.78, 5) is 17.3. The summed E-state index contributed by atoms with van der Waals surface area (Å²) in [5.74, 6) is 0. The Morgan fingerprint density at radius 3 is 3.17 bits per heavy atom. The van der Waals surface area contributed by atoms with Gasteiger partial charge in [-0.1, -0.05) is 11.6 Å². The third kappa shape index (κ3) is 0.905. The minimum Gasteiger partial charge on any atom is -0.359 e. The molecule has 12 heavy (non-hydrogen) atoms. The summed E-state index contributed by atoms with van der Waals surface area (Å²) in [6.07, 6.45) is 3.95. The Hall–Kier alpha value is -1.35. The minimum atomic E-state index is 0.389. The molecule has 2 aromatic heterocycles. The number of halogens is 1. The number of pyridine rings is 1. The van der Waals surface area contributed by atoms with Crippen molar-refractivity contribution < 1.29 is 4.79 Å². The van der Waals surface area contributed by atoms with Gasteiger partial charge >= 0.3 is 0 Å². The molecule has 0 bridgehead atoms. The molecule has 0 atom stereocenters. The van der Waals surface area contributed by atoms with Crippen LogP contribution in [0.4, 0.5) is 0 Å². The number of H-pyrrole nitrogens is 1. The van der Waals surface area contributed by atoms with Crippen molar-refractivity contribution in [1.82, 2.24) is 9.97 Å². The normalized spacial score (nSPS) is 10.4. The van der Waals surface area contributed by atoms with Gasteiger partial charge in [0.05, 0.1) is 5.52 Å². The van der Waals surface area contributed by atoms with E-state index in [1.54, 1.807) is 12.3 Å². The summed E-state index contributed by atoms with van der Waals surface area (Å²) < 4.78 is 0. The van der Waals surface area contributed by atoms with Crippen molar-refractivity contribution in [1.29, 1.82) is 0 Å². The fraction of sp³-hybridized carbons (Fsp3) is 0. The first-order chi connectivity index (χ1) is 5.83. The molecule has 0 saturated heterocycles. The molecular weight excluding hydrogens is 176 g/mol. The van der Waals surface area contributed by atoms with Crippen LogP contribution in [0, 0.1) is 0 Å². The van der Waals surface area contributed by atoms with E-state index in [2.05, 4.69) is 9.97 Å². The van der Waals surface area contributed by atoms with Gasteiger partial charge in [0.1, 0.15) is 0 Å². The third-order valence-electron chi connectivity index (χ3n) is 1.71. The van der Waals surface area contributed by atoms with E-state index in [1.807, 2.05) is 0 Å². The zero-order valence-corrected chi connectivity index (χ0v) is 6.80. The summed E-state index contributed by atoms with van der Waals surface area (Å²) in [6, 6.07) is 1.80. The largest absolute Gasteiger partial charge is 0.359 e. The molecule has 0 unspecified atom stereocenters. The molecule has 0 aliphatic rings. The highest BCUT2D eigenvalue weighted by atomic mass is 35.5. The second kappa shape index (κ2) is 2.60. The molecule has 2 aromatic rings. The van der Waals surface area contributed by atoms with Gasteiger partial charge in [0.2, 0.25) is 0 Å². The molecule has 1 N–H and O–H groups in total. The van der Waals surface area contributed by atoms with E-state index in [0.29, 0.717) is 16.2 Å². The molecule has 0 amide bonds. The first-order valence-electron chi connectivity index (χ1n) is 3.39. The van der Waals surface area contributed by atoms with E-state index in [4.69, 9.17) is 11.6 Å². The Bertz CT molecular complexity index is 436. The van der Waals surface area contributed by atoms with Crippen molar-refractivity contribution >= 4 is 28.8 Å². The maximum Gasteiger partial charge on any atom is 0.153 e. The van der Waals surface area contributed by atoms with E-state index in [0.717, 1.165) is 11.7 Å². The fourth-order valence-electron chi connectivity index (χ4n) is 1.13. The van der Waals surface area contributed by atoms with Crippen molar-refractivity contribution in [3.05, 3.63) is 29.2 Å². The SMILES string of the molecule is O=Cc1cnc(Cl)c2[nH]ccc12. The van der Waals surface area contributed by atoms with Crippen molar-refractivity contribution in [2.75, 3.05) is 0 Å². The van der Waals surface area contributed by atoms with E-state index in [9.17, 15) is 4.79 Å². The minimum absolute atomic E-state index is 0.389. The van der Waals surface area contributed by atoms with E-state index < -0.39 is 0 Å². The summed E-state index contributed by atoms with van der Waals surface area (Å²) in [5, 5.41) is 1.20. The van der Waals surface area contributed by atoms with Crippen LogP contribution in [0.2, 0.25) is 5.15 Å². The summed E-state index contributed by atoms with van der Waals surface area (Å²) in [6.45, 7) is 0. The topological polar surface area (TPSA) is 45.8 Å². The lowest BCUT2D eigenvalue weighted by molar-refractivity contribution is 0.112. The number of nitrogens with zero attached hydrogens (tertiary/aromatic N) is 1. The first-order valence-corrected chi connectivity index (χ1v) is 3.77. The van der Waals surface area contributed by atoms with Gasteiger partial charge in [0, 0.05) is 23.3 Å². The van der Waals surface area contributed by atoms with Gasteiger partial charge in [0.25, 0.3) is 0 Å². The van der Waals surface area contributed by atoms with Crippen LogP contribution in [0.25, 0.3) is 10.9 Å². The van der Waals surface area contributed by atoms with Gasteiger partial charge in [-0.15, -0.1) is 0 Å². The summed E-state index contributed by atoms with van der Waals surface area (Å²) in [7, 11) is 0. The van der Waals surface area contributed by atoms with Crippen LogP contribution in [-0.2, 0) is 0 Å². The summed E-state index contributed by atoms with van der Waals surface area (Å²) >= 11 is 5.77. The average molecular weight is 181 g/mol. The Morgan fingerprint density at radius 1 is 1.58 bits per heavy atom. The van der Waals surface area contributed by atoms with Crippen LogP contribution < -0.4 is 0 Å². The molecule has 0 fully saturated rings. The third-order valence-corrected chi connectivity index (χ3v) is 1.99. The van der Waals surface area contributed by atoms with Crippen LogP contribution in [0.15, 0.2) is 18.5 Å². The molecule has 3 nitrogen and oxygen atoms in total.